The van der Waals surface area contributed by atoms with Gasteiger partial charge in [-0.1, -0.05) is 20.3 Å². The van der Waals surface area contributed by atoms with Crippen LogP contribution < -0.4 is 0 Å². The van der Waals surface area contributed by atoms with E-state index in [1.54, 1.807) is 14.2 Å². The molecule has 6 nitrogen and oxygen atoms in total. The van der Waals surface area contributed by atoms with Crippen LogP contribution in [0.15, 0.2) is 0 Å². The maximum absolute atomic E-state index is 11.1. The Bertz CT molecular complexity index is 346. The van der Waals surface area contributed by atoms with Crippen LogP contribution in [0.5, 0.6) is 0 Å². The molecule has 1 atom stereocenters. The molecule has 6 heteroatoms. The van der Waals surface area contributed by atoms with Crippen LogP contribution >= 0.6 is 0 Å². The maximum Gasteiger partial charge on any atom is 0.407 e. The number of methoxy groups -OCH3 is 1. The largest absolute Gasteiger partial charge is 0.465 e. The molecule has 0 spiro atoms. The molecule has 0 bridgehead atoms. The van der Waals surface area contributed by atoms with Gasteiger partial charge in [0.05, 0.1) is 12.7 Å². The van der Waals surface area contributed by atoms with E-state index in [-0.39, 0.29) is 18.4 Å². The van der Waals surface area contributed by atoms with Crippen molar-refractivity contribution in [2.24, 2.45) is 0 Å². The normalized spacial score (nSPS) is 22.5. The number of amides is 1. The summed E-state index contributed by atoms with van der Waals surface area (Å²) in [7, 11) is 3.40. The number of likely N-dealkylation sites (N-methyl/N-ethyl adjacent to an activating group) is 1. The summed E-state index contributed by atoms with van der Waals surface area (Å²) in [6, 6.07) is 0.132. The Morgan fingerprint density at radius 1 is 1.25 bits per heavy atom. The van der Waals surface area contributed by atoms with E-state index in [4.69, 9.17) is 14.6 Å². The van der Waals surface area contributed by atoms with Gasteiger partial charge in [0.25, 0.3) is 0 Å². The van der Waals surface area contributed by atoms with Crippen LogP contribution in [-0.2, 0) is 9.47 Å². The maximum atomic E-state index is 11.1. The fourth-order valence-corrected chi connectivity index (χ4v) is 3.38. The molecule has 1 rings (SSSR count). The summed E-state index contributed by atoms with van der Waals surface area (Å²) in [5.41, 5.74) is 0. The van der Waals surface area contributed by atoms with Gasteiger partial charge < -0.3 is 19.5 Å². The Morgan fingerprint density at radius 2 is 1.92 bits per heavy atom. The van der Waals surface area contributed by atoms with E-state index in [1.165, 1.54) is 4.90 Å². The summed E-state index contributed by atoms with van der Waals surface area (Å²) < 4.78 is 11.7. The second-order valence-corrected chi connectivity index (χ2v) is 6.68. The number of rotatable bonds is 11. The van der Waals surface area contributed by atoms with Crippen molar-refractivity contribution in [3.05, 3.63) is 0 Å². The molecule has 1 N–H and O–H groups in total. The van der Waals surface area contributed by atoms with Crippen molar-refractivity contribution in [3.63, 3.8) is 0 Å². The average Bonchev–Trinajstić information content (AvgIpc) is 2.59. The van der Waals surface area contributed by atoms with E-state index < -0.39 is 6.09 Å². The molecule has 1 fully saturated rings. The van der Waals surface area contributed by atoms with Crippen LogP contribution in [0.25, 0.3) is 0 Å². The van der Waals surface area contributed by atoms with Gasteiger partial charge in [0.2, 0.25) is 0 Å². The van der Waals surface area contributed by atoms with Crippen LogP contribution in [0.4, 0.5) is 4.79 Å². The topological polar surface area (TPSA) is 62.2 Å². The van der Waals surface area contributed by atoms with Gasteiger partial charge in [-0.3, -0.25) is 4.90 Å². The van der Waals surface area contributed by atoms with Crippen molar-refractivity contribution < 1.29 is 19.4 Å². The summed E-state index contributed by atoms with van der Waals surface area (Å²) in [4.78, 5) is 14.9. The molecule has 142 valence electrons. The van der Waals surface area contributed by atoms with Gasteiger partial charge in [-0.25, -0.2) is 4.79 Å². The van der Waals surface area contributed by atoms with E-state index in [0.717, 1.165) is 64.6 Å². The van der Waals surface area contributed by atoms with Crippen LogP contribution in [0, 0.1) is 0 Å². The molecule has 0 aliphatic heterocycles. The molecule has 1 aliphatic rings. The summed E-state index contributed by atoms with van der Waals surface area (Å²) in [5.74, 6) is 0. The summed E-state index contributed by atoms with van der Waals surface area (Å²) in [6.07, 6.45) is 6.56. The number of carboxylic acid groups (broad SMARTS) is 1. The quantitative estimate of drug-likeness (QED) is 0.582. The minimum absolute atomic E-state index is 0.132. The molecule has 0 saturated heterocycles. The zero-order chi connectivity index (χ0) is 17.9. The third kappa shape index (κ3) is 6.95. The molecule has 1 saturated carbocycles. The second-order valence-electron chi connectivity index (χ2n) is 6.68. The second kappa shape index (κ2) is 11.7. The fourth-order valence-electron chi connectivity index (χ4n) is 3.38. The van der Waals surface area contributed by atoms with Crippen LogP contribution in [-0.4, -0.2) is 73.2 Å². The third-order valence-corrected chi connectivity index (χ3v) is 5.04. The molecule has 0 aromatic heterocycles. The Labute approximate surface area is 147 Å². The van der Waals surface area contributed by atoms with Crippen molar-refractivity contribution in [3.8, 4) is 0 Å². The summed E-state index contributed by atoms with van der Waals surface area (Å²) >= 11 is 0. The van der Waals surface area contributed by atoms with Gasteiger partial charge in [0.15, 0.2) is 0 Å². The first-order chi connectivity index (χ1) is 11.5. The molecule has 0 aromatic rings. The Hall–Kier alpha value is -0.850. The van der Waals surface area contributed by atoms with Crippen LogP contribution in [0.3, 0.4) is 0 Å². The smallest absolute Gasteiger partial charge is 0.407 e. The van der Waals surface area contributed by atoms with Crippen molar-refractivity contribution >= 4 is 6.09 Å². The standard InChI is InChI=1S/C18H36N2O4/c1-5-7-8-17(20(6-2)13-14-23-4)24-16-11-9-15(10-12-16)19(3)18(21)22/h15-17H,5-14H2,1-4H3,(H,21,22). The molecule has 1 aliphatic carbocycles. The van der Waals surface area contributed by atoms with Crippen LogP contribution in [0.2, 0.25) is 0 Å². The van der Waals surface area contributed by atoms with Gasteiger partial charge in [-0.15, -0.1) is 0 Å². The van der Waals surface area contributed by atoms with Crippen molar-refractivity contribution in [1.82, 2.24) is 9.80 Å². The molecule has 24 heavy (non-hydrogen) atoms. The molecule has 1 amide bonds. The molecule has 0 heterocycles. The van der Waals surface area contributed by atoms with Crippen molar-refractivity contribution in [2.45, 2.75) is 77.2 Å². The number of ether oxygens (including phenoxy) is 2. The predicted molar refractivity (Wildman–Crippen MR) is 95.4 cm³/mol. The average molecular weight is 344 g/mol. The molecule has 1 unspecified atom stereocenters. The highest BCUT2D eigenvalue weighted by Crippen LogP contribution is 2.27. The van der Waals surface area contributed by atoms with Gasteiger partial charge in [0.1, 0.15) is 6.23 Å². The van der Waals surface area contributed by atoms with Gasteiger partial charge in [-0.05, 0) is 45.1 Å². The minimum Gasteiger partial charge on any atom is -0.465 e. The molecular weight excluding hydrogens is 308 g/mol. The number of carbonyl (C=O) groups is 1. The Balaban J connectivity index is 2.53. The predicted octanol–water partition coefficient (Wildman–Crippen LogP) is 3.41. The van der Waals surface area contributed by atoms with E-state index in [1.807, 2.05) is 0 Å². The molecule has 0 aromatic carbocycles. The lowest BCUT2D eigenvalue weighted by atomic mass is 9.92. The number of unbranched alkanes of at least 4 members (excludes halogenated alkanes) is 1. The van der Waals surface area contributed by atoms with E-state index in [9.17, 15) is 4.79 Å². The number of nitrogens with zero attached hydrogens (tertiary/aromatic N) is 2. The van der Waals surface area contributed by atoms with Crippen molar-refractivity contribution in [2.75, 3.05) is 33.9 Å². The summed E-state index contributed by atoms with van der Waals surface area (Å²) in [6.45, 7) is 6.93. The first-order valence-corrected chi connectivity index (χ1v) is 9.37. The lowest BCUT2D eigenvalue weighted by Crippen LogP contribution is -2.44. The van der Waals surface area contributed by atoms with Gasteiger partial charge in [-0.2, -0.15) is 0 Å². The highest BCUT2D eigenvalue weighted by atomic mass is 16.5. The zero-order valence-electron chi connectivity index (χ0n) is 15.9. The van der Waals surface area contributed by atoms with Crippen LogP contribution in [0.1, 0.15) is 58.8 Å². The number of hydrogen-bond donors (Lipinski definition) is 1. The monoisotopic (exact) mass is 344 g/mol. The minimum atomic E-state index is -0.836. The highest BCUT2D eigenvalue weighted by molar-refractivity contribution is 5.64. The first kappa shape index (κ1) is 21.2. The Kier molecular flexibility index (Phi) is 10.3. The van der Waals surface area contributed by atoms with Crippen molar-refractivity contribution in [1.29, 1.82) is 0 Å². The Morgan fingerprint density at radius 3 is 2.42 bits per heavy atom. The molecule has 0 radical (unpaired) electrons. The van der Waals surface area contributed by atoms with E-state index in [0.29, 0.717) is 0 Å². The highest BCUT2D eigenvalue weighted by Gasteiger charge is 2.29. The molecular formula is C18H36N2O4. The van der Waals surface area contributed by atoms with Gasteiger partial charge in [0, 0.05) is 26.7 Å². The van der Waals surface area contributed by atoms with E-state index >= 15 is 0 Å². The number of hydrogen-bond acceptors (Lipinski definition) is 4. The van der Waals surface area contributed by atoms with Gasteiger partial charge >= 0.3 is 6.09 Å². The first-order valence-electron chi connectivity index (χ1n) is 9.37. The fraction of sp³-hybridized carbons (Fsp3) is 0.944. The lowest BCUT2D eigenvalue weighted by Gasteiger charge is -2.37. The zero-order valence-corrected chi connectivity index (χ0v) is 15.9. The lowest BCUT2D eigenvalue weighted by molar-refractivity contribution is -0.119. The third-order valence-electron chi connectivity index (χ3n) is 5.04. The summed E-state index contributed by atoms with van der Waals surface area (Å²) in [5, 5.41) is 9.11. The SMILES string of the molecule is CCCCC(OC1CCC(N(C)C(=O)O)CC1)N(CC)CCOC. The van der Waals surface area contributed by atoms with E-state index in [2.05, 4.69) is 18.7 Å².